The van der Waals surface area contributed by atoms with Crippen LogP contribution in [0.3, 0.4) is 0 Å². The molecule has 3 N–H and O–H groups in total. The number of hydrogen-bond donors (Lipinski definition) is 2. The summed E-state index contributed by atoms with van der Waals surface area (Å²) in [5, 5.41) is 3.80. The van der Waals surface area contributed by atoms with Crippen LogP contribution in [0.5, 0.6) is 0 Å². The summed E-state index contributed by atoms with van der Waals surface area (Å²) in [4.78, 5) is 26.2. The molecule has 0 aromatic carbocycles. The molecule has 7 nitrogen and oxygen atoms in total. The lowest BCUT2D eigenvalue weighted by atomic mass is 10.3. The zero-order valence-corrected chi connectivity index (χ0v) is 9.71. The summed E-state index contributed by atoms with van der Waals surface area (Å²) in [7, 11) is 0. The molecular weight excluding hydrogens is 236 g/mol. The topological polar surface area (TPSA) is 103 Å². The number of ether oxygens (including phenoxy) is 1. The normalized spacial score (nSPS) is 10.3. The molecule has 0 unspecified atom stereocenters. The van der Waals surface area contributed by atoms with Crippen molar-refractivity contribution in [3.8, 4) is 0 Å². The highest BCUT2D eigenvalue weighted by atomic mass is 16.5. The predicted octanol–water partition coefficient (Wildman–Crippen LogP) is 0.659. The molecule has 0 fully saturated rings. The van der Waals surface area contributed by atoms with Gasteiger partial charge in [-0.1, -0.05) is 0 Å². The first-order valence-corrected chi connectivity index (χ1v) is 5.33. The Labute approximate surface area is 103 Å². The fraction of sp³-hybridized carbons (Fsp3) is 0.182. The highest BCUT2D eigenvalue weighted by Gasteiger charge is 2.20. The first-order valence-electron chi connectivity index (χ1n) is 5.33. The Morgan fingerprint density at radius 2 is 2.33 bits per heavy atom. The van der Waals surface area contributed by atoms with Crippen molar-refractivity contribution < 1.29 is 14.3 Å². The van der Waals surface area contributed by atoms with Crippen molar-refractivity contribution in [3.63, 3.8) is 0 Å². The average Bonchev–Trinajstić information content (AvgIpc) is 2.97. The van der Waals surface area contributed by atoms with Crippen LogP contribution in [-0.4, -0.2) is 33.2 Å². The van der Waals surface area contributed by atoms with E-state index < -0.39 is 11.9 Å². The van der Waals surface area contributed by atoms with E-state index in [0.717, 1.165) is 4.68 Å². The number of nitrogens with zero attached hydrogens (tertiary/aromatic N) is 2. The van der Waals surface area contributed by atoms with Crippen LogP contribution in [0.15, 0.2) is 24.5 Å². The van der Waals surface area contributed by atoms with Gasteiger partial charge in [-0.25, -0.2) is 4.79 Å². The fourth-order valence-electron chi connectivity index (χ4n) is 1.46. The van der Waals surface area contributed by atoms with Crippen LogP contribution < -0.4 is 5.73 Å². The Bertz CT molecular complexity index is 571. The van der Waals surface area contributed by atoms with E-state index in [9.17, 15) is 9.59 Å². The molecule has 2 aromatic heterocycles. The number of H-pyrrole nitrogens is 1. The van der Waals surface area contributed by atoms with Crippen molar-refractivity contribution in [2.75, 3.05) is 12.3 Å². The third-order valence-corrected chi connectivity index (χ3v) is 2.32. The minimum absolute atomic E-state index is 0.0342. The quantitative estimate of drug-likeness (QED) is 0.776. The van der Waals surface area contributed by atoms with Crippen LogP contribution in [0.2, 0.25) is 0 Å². The van der Waals surface area contributed by atoms with E-state index in [2.05, 4.69) is 10.1 Å². The predicted molar refractivity (Wildman–Crippen MR) is 63.1 cm³/mol. The second-order valence-electron chi connectivity index (χ2n) is 3.46. The van der Waals surface area contributed by atoms with Crippen LogP contribution in [0.25, 0.3) is 0 Å². The lowest BCUT2D eigenvalue weighted by molar-refractivity contribution is 0.0527. The minimum atomic E-state index is -0.597. The number of carbonyl (C=O) groups excluding carboxylic acids is 2. The minimum Gasteiger partial charge on any atom is -0.462 e. The van der Waals surface area contributed by atoms with Crippen molar-refractivity contribution in [3.05, 3.63) is 35.8 Å². The molecule has 0 aliphatic carbocycles. The molecule has 94 valence electrons. The molecule has 0 bridgehead atoms. The summed E-state index contributed by atoms with van der Waals surface area (Å²) in [6.07, 6.45) is 2.83. The lowest BCUT2D eigenvalue weighted by Crippen LogP contribution is -2.17. The Hall–Kier alpha value is -2.57. The number of nitrogen functional groups attached to an aromatic ring is 1. The third kappa shape index (κ3) is 1.97. The fourth-order valence-corrected chi connectivity index (χ4v) is 1.46. The van der Waals surface area contributed by atoms with E-state index in [-0.39, 0.29) is 18.0 Å². The summed E-state index contributed by atoms with van der Waals surface area (Å²) in [5.74, 6) is -1.07. The number of hydrogen-bond acceptors (Lipinski definition) is 5. The Balaban J connectivity index is 2.31. The van der Waals surface area contributed by atoms with Crippen molar-refractivity contribution in [2.24, 2.45) is 0 Å². The van der Waals surface area contributed by atoms with E-state index in [1.165, 1.54) is 6.20 Å². The van der Waals surface area contributed by atoms with Crippen molar-refractivity contribution in [1.82, 2.24) is 14.8 Å². The van der Waals surface area contributed by atoms with Crippen LogP contribution in [-0.2, 0) is 4.74 Å². The number of esters is 1. The Kier molecular flexibility index (Phi) is 3.13. The summed E-state index contributed by atoms with van der Waals surface area (Å²) in [6.45, 7) is 1.91. The monoisotopic (exact) mass is 248 g/mol. The summed E-state index contributed by atoms with van der Waals surface area (Å²) >= 11 is 0. The van der Waals surface area contributed by atoms with Crippen LogP contribution in [0.4, 0.5) is 5.82 Å². The highest BCUT2D eigenvalue weighted by Crippen LogP contribution is 2.13. The third-order valence-electron chi connectivity index (χ3n) is 2.32. The maximum Gasteiger partial charge on any atom is 0.343 e. The van der Waals surface area contributed by atoms with Crippen LogP contribution in [0, 0.1) is 0 Å². The number of aromatic amines is 1. The van der Waals surface area contributed by atoms with Crippen LogP contribution in [0.1, 0.15) is 27.8 Å². The molecule has 0 spiro atoms. The van der Waals surface area contributed by atoms with Gasteiger partial charge in [0.25, 0.3) is 5.91 Å². The molecule has 2 rings (SSSR count). The molecule has 0 aliphatic heterocycles. The zero-order valence-electron chi connectivity index (χ0n) is 9.71. The largest absolute Gasteiger partial charge is 0.462 e. The summed E-state index contributed by atoms with van der Waals surface area (Å²) in [6, 6.07) is 3.27. The van der Waals surface area contributed by atoms with E-state index >= 15 is 0 Å². The number of nitrogens with two attached hydrogens (primary N) is 1. The first-order chi connectivity index (χ1) is 8.65. The second-order valence-corrected chi connectivity index (χ2v) is 3.46. The van der Waals surface area contributed by atoms with Gasteiger partial charge in [-0.2, -0.15) is 9.78 Å². The standard InChI is InChI=1S/C11H12N4O3/c1-2-18-11(17)7-6-14-15(9(7)12)10(16)8-4-3-5-13-8/h3-6,13H,2,12H2,1H3. The van der Waals surface area contributed by atoms with Crippen LogP contribution >= 0.6 is 0 Å². The van der Waals surface area contributed by atoms with Gasteiger partial charge in [0.2, 0.25) is 0 Å². The molecule has 7 heteroatoms. The van der Waals surface area contributed by atoms with E-state index in [0.29, 0.717) is 5.69 Å². The van der Waals surface area contributed by atoms with Gasteiger partial charge in [-0.05, 0) is 19.1 Å². The Morgan fingerprint density at radius 1 is 1.56 bits per heavy atom. The van der Waals surface area contributed by atoms with Gasteiger partial charge < -0.3 is 15.5 Å². The zero-order chi connectivity index (χ0) is 13.1. The summed E-state index contributed by atoms with van der Waals surface area (Å²) in [5.41, 5.74) is 6.12. The van der Waals surface area contributed by atoms with Gasteiger partial charge in [0.1, 0.15) is 17.1 Å². The summed E-state index contributed by atoms with van der Waals surface area (Å²) < 4.78 is 5.76. The molecule has 0 saturated heterocycles. The van der Waals surface area contributed by atoms with Crippen molar-refractivity contribution in [1.29, 1.82) is 0 Å². The molecule has 0 saturated carbocycles. The Morgan fingerprint density at radius 3 is 2.94 bits per heavy atom. The van der Waals surface area contributed by atoms with Gasteiger partial charge >= 0.3 is 5.97 Å². The maximum atomic E-state index is 12.0. The van der Waals surface area contributed by atoms with E-state index in [4.69, 9.17) is 10.5 Å². The number of carbonyl (C=O) groups is 2. The molecule has 2 aromatic rings. The maximum absolute atomic E-state index is 12.0. The molecule has 18 heavy (non-hydrogen) atoms. The number of nitrogens with one attached hydrogen (secondary N) is 1. The van der Waals surface area contributed by atoms with Gasteiger partial charge in [0.15, 0.2) is 0 Å². The average molecular weight is 248 g/mol. The van der Waals surface area contributed by atoms with Crippen molar-refractivity contribution >= 4 is 17.7 Å². The number of rotatable bonds is 3. The van der Waals surface area contributed by atoms with E-state index in [1.807, 2.05) is 0 Å². The van der Waals surface area contributed by atoms with Gasteiger partial charge in [-0.15, -0.1) is 0 Å². The van der Waals surface area contributed by atoms with E-state index in [1.54, 1.807) is 25.3 Å². The van der Waals surface area contributed by atoms with Gasteiger partial charge in [0, 0.05) is 6.20 Å². The first kappa shape index (κ1) is 11.9. The molecule has 0 amide bonds. The second kappa shape index (κ2) is 4.74. The highest BCUT2D eigenvalue weighted by molar-refractivity contribution is 6.00. The van der Waals surface area contributed by atoms with Gasteiger partial charge in [-0.3, -0.25) is 4.79 Å². The molecular formula is C11H12N4O3. The molecule has 0 aliphatic rings. The SMILES string of the molecule is CCOC(=O)c1cnn(C(=O)c2ccc[nH]2)c1N. The molecule has 0 radical (unpaired) electrons. The smallest absolute Gasteiger partial charge is 0.343 e. The molecule has 0 atom stereocenters. The van der Waals surface area contributed by atoms with Gasteiger partial charge in [0.05, 0.1) is 12.8 Å². The van der Waals surface area contributed by atoms with Crippen molar-refractivity contribution in [2.45, 2.75) is 6.92 Å². The lowest BCUT2D eigenvalue weighted by Gasteiger charge is -2.02. The number of anilines is 1. The number of aromatic nitrogens is 3. The molecule has 2 heterocycles.